The molecule has 0 fully saturated rings. The van der Waals surface area contributed by atoms with Gasteiger partial charge in [0.1, 0.15) is 11.6 Å². The quantitative estimate of drug-likeness (QED) is 0.540. The van der Waals surface area contributed by atoms with Gasteiger partial charge in [-0.2, -0.15) is 5.26 Å². The van der Waals surface area contributed by atoms with Crippen LogP contribution in [-0.4, -0.2) is 9.55 Å². The van der Waals surface area contributed by atoms with Crippen LogP contribution in [0.3, 0.4) is 0 Å². The third kappa shape index (κ3) is 3.20. The number of aromatic nitrogens is 2. The van der Waals surface area contributed by atoms with Gasteiger partial charge in [0, 0.05) is 13.0 Å². The fraction of sp³-hybridized carbons (Fsp3) is 0.0909. The lowest BCUT2D eigenvalue weighted by molar-refractivity contribution is 0.627. The van der Waals surface area contributed by atoms with Crippen molar-refractivity contribution in [1.82, 2.24) is 9.55 Å². The molecule has 0 aliphatic heterocycles. The van der Waals surface area contributed by atoms with E-state index in [0.717, 1.165) is 28.0 Å². The Labute approximate surface area is 151 Å². The van der Waals surface area contributed by atoms with Crippen LogP contribution >= 0.6 is 0 Å². The molecule has 4 rings (SSSR count). The first-order valence-electron chi connectivity index (χ1n) is 8.40. The number of nitrogens with zero attached hydrogens (tertiary/aromatic N) is 3. The zero-order valence-corrected chi connectivity index (χ0v) is 14.1. The number of hydrogen-bond donors (Lipinski definition) is 0. The van der Waals surface area contributed by atoms with Gasteiger partial charge >= 0.3 is 0 Å². The van der Waals surface area contributed by atoms with Crippen LogP contribution in [0, 0.1) is 17.1 Å². The van der Waals surface area contributed by atoms with E-state index in [2.05, 4.69) is 10.6 Å². The fourth-order valence-electron chi connectivity index (χ4n) is 3.14. The first kappa shape index (κ1) is 16.0. The lowest BCUT2D eigenvalue weighted by Crippen LogP contribution is -2.06. The summed E-state index contributed by atoms with van der Waals surface area (Å²) in [6, 6.07) is 24.3. The van der Waals surface area contributed by atoms with Crippen molar-refractivity contribution in [3.05, 3.63) is 101 Å². The molecule has 0 saturated carbocycles. The number of hydrogen-bond acceptors (Lipinski definition) is 2. The van der Waals surface area contributed by atoms with E-state index in [0.29, 0.717) is 18.5 Å². The number of rotatable bonds is 4. The van der Waals surface area contributed by atoms with Crippen LogP contribution in [0.15, 0.2) is 72.8 Å². The van der Waals surface area contributed by atoms with Gasteiger partial charge in [-0.15, -0.1) is 0 Å². The molecule has 0 saturated heterocycles. The molecule has 26 heavy (non-hydrogen) atoms. The van der Waals surface area contributed by atoms with Crippen molar-refractivity contribution >= 4 is 11.0 Å². The third-order valence-electron chi connectivity index (χ3n) is 4.41. The van der Waals surface area contributed by atoms with E-state index in [1.54, 1.807) is 18.2 Å². The number of benzene rings is 3. The molecule has 4 heteroatoms. The summed E-state index contributed by atoms with van der Waals surface area (Å²) in [5.74, 6) is 0.677. The molecule has 3 aromatic carbocycles. The minimum Gasteiger partial charge on any atom is -0.323 e. The molecular formula is C22H16FN3. The number of fused-ring (bicyclic) bond motifs is 1. The second-order valence-electron chi connectivity index (χ2n) is 6.22. The van der Waals surface area contributed by atoms with E-state index in [1.165, 1.54) is 12.1 Å². The predicted molar refractivity (Wildman–Crippen MR) is 99.2 cm³/mol. The molecule has 0 bridgehead atoms. The van der Waals surface area contributed by atoms with Crippen molar-refractivity contribution in [1.29, 1.82) is 5.26 Å². The first-order chi connectivity index (χ1) is 12.7. The Morgan fingerprint density at radius 3 is 2.54 bits per heavy atom. The molecule has 1 heterocycles. The van der Waals surface area contributed by atoms with E-state index < -0.39 is 0 Å². The Hall–Kier alpha value is -3.45. The van der Waals surface area contributed by atoms with E-state index in [-0.39, 0.29) is 5.82 Å². The normalized spacial score (nSPS) is 10.8. The standard InChI is InChI=1S/C22H16FN3/c23-19-10-8-16(9-11-19)13-22-25-20-6-1-2-7-21(20)26(22)15-18-5-3-4-17(12-18)14-24/h1-12H,13,15H2. The second-order valence-corrected chi connectivity index (χ2v) is 6.22. The maximum Gasteiger partial charge on any atom is 0.123 e. The van der Waals surface area contributed by atoms with Gasteiger partial charge in [0.25, 0.3) is 0 Å². The van der Waals surface area contributed by atoms with Crippen molar-refractivity contribution < 1.29 is 4.39 Å². The first-order valence-corrected chi connectivity index (χ1v) is 8.40. The van der Waals surface area contributed by atoms with Crippen LogP contribution in [0.2, 0.25) is 0 Å². The van der Waals surface area contributed by atoms with Crippen LogP contribution < -0.4 is 0 Å². The van der Waals surface area contributed by atoms with Crippen LogP contribution in [-0.2, 0) is 13.0 Å². The number of halogens is 1. The third-order valence-corrected chi connectivity index (χ3v) is 4.41. The summed E-state index contributed by atoms with van der Waals surface area (Å²) >= 11 is 0. The number of nitriles is 1. The summed E-state index contributed by atoms with van der Waals surface area (Å²) in [4.78, 5) is 4.77. The smallest absolute Gasteiger partial charge is 0.123 e. The van der Waals surface area contributed by atoms with Crippen LogP contribution in [0.1, 0.15) is 22.5 Å². The van der Waals surface area contributed by atoms with Gasteiger partial charge < -0.3 is 4.57 Å². The van der Waals surface area contributed by atoms with Gasteiger partial charge in [-0.1, -0.05) is 36.4 Å². The topological polar surface area (TPSA) is 41.6 Å². The molecule has 0 atom stereocenters. The largest absolute Gasteiger partial charge is 0.323 e. The van der Waals surface area contributed by atoms with Gasteiger partial charge in [-0.05, 0) is 47.5 Å². The zero-order chi connectivity index (χ0) is 17.9. The molecule has 0 radical (unpaired) electrons. The molecule has 0 spiro atoms. The molecule has 0 N–H and O–H groups in total. The highest BCUT2D eigenvalue weighted by atomic mass is 19.1. The highest BCUT2D eigenvalue weighted by molar-refractivity contribution is 5.76. The SMILES string of the molecule is N#Cc1cccc(Cn2c(Cc3ccc(F)cc3)nc3ccccc32)c1. The summed E-state index contributed by atoms with van der Waals surface area (Å²) in [5, 5.41) is 9.13. The molecule has 3 nitrogen and oxygen atoms in total. The average Bonchev–Trinajstić information content (AvgIpc) is 3.01. The van der Waals surface area contributed by atoms with Crippen LogP contribution in [0.4, 0.5) is 4.39 Å². The van der Waals surface area contributed by atoms with Crippen molar-refractivity contribution in [3.8, 4) is 6.07 Å². The molecule has 4 aromatic rings. The van der Waals surface area contributed by atoms with Gasteiger partial charge in [0.15, 0.2) is 0 Å². The van der Waals surface area contributed by atoms with E-state index in [4.69, 9.17) is 10.2 Å². The van der Waals surface area contributed by atoms with Crippen molar-refractivity contribution in [3.63, 3.8) is 0 Å². The Bertz CT molecular complexity index is 1100. The maximum atomic E-state index is 13.2. The Morgan fingerprint density at radius 2 is 1.73 bits per heavy atom. The average molecular weight is 341 g/mol. The Balaban J connectivity index is 1.76. The molecule has 0 amide bonds. The summed E-state index contributed by atoms with van der Waals surface area (Å²) in [6.07, 6.45) is 0.618. The molecule has 0 aliphatic carbocycles. The van der Waals surface area contributed by atoms with E-state index in [9.17, 15) is 4.39 Å². The maximum absolute atomic E-state index is 13.2. The Kier molecular flexibility index (Phi) is 4.20. The van der Waals surface area contributed by atoms with Gasteiger partial charge in [0.05, 0.1) is 22.7 Å². The predicted octanol–water partition coefficient (Wildman–Crippen LogP) is 4.69. The highest BCUT2D eigenvalue weighted by Gasteiger charge is 2.12. The van der Waals surface area contributed by atoms with Crippen LogP contribution in [0.5, 0.6) is 0 Å². The van der Waals surface area contributed by atoms with Crippen molar-refractivity contribution in [2.75, 3.05) is 0 Å². The minimum absolute atomic E-state index is 0.240. The minimum atomic E-state index is -0.240. The summed E-state index contributed by atoms with van der Waals surface area (Å²) in [6.45, 7) is 0.632. The van der Waals surface area contributed by atoms with Gasteiger partial charge in [-0.3, -0.25) is 0 Å². The highest BCUT2D eigenvalue weighted by Crippen LogP contribution is 2.21. The summed E-state index contributed by atoms with van der Waals surface area (Å²) < 4.78 is 15.3. The van der Waals surface area contributed by atoms with E-state index >= 15 is 0 Å². The second kappa shape index (κ2) is 6.81. The van der Waals surface area contributed by atoms with E-state index in [1.807, 2.05) is 42.5 Å². The molecular weight excluding hydrogens is 325 g/mol. The van der Waals surface area contributed by atoms with Crippen molar-refractivity contribution in [2.45, 2.75) is 13.0 Å². The van der Waals surface area contributed by atoms with Gasteiger partial charge in [-0.25, -0.2) is 9.37 Å². The number of imidazole rings is 1. The summed E-state index contributed by atoms with van der Waals surface area (Å²) in [7, 11) is 0. The molecule has 126 valence electrons. The Morgan fingerprint density at radius 1 is 0.923 bits per heavy atom. The lowest BCUT2D eigenvalue weighted by Gasteiger charge is -2.10. The molecule has 0 aliphatic rings. The van der Waals surface area contributed by atoms with Gasteiger partial charge in [0.2, 0.25) is 0 Å². The molecule has 1 aromatic heterocycles. The number of para-hydroxylation sites is 2. The lowest BCUT2D eigenvalue weighted by atomic mass is 10.1. The van der Waals surface area contributed by atoms with Crippen LogP contribution in [0.25, 0.3) is 11.0 Å². The zero-order valence-electron chi connectivity index (χ0n) is 14.1. The monoisotopic (exact) mass is 341 g/mol. The molecule has 0 unspecified atom stereocenters. The van der Waals surface area contributed by atoms with Crippen molar-refractivity contribution in [2.24, 2.45) is 0 Å². The fourth-order valence-corrected chi connectivity index (χ4v) is 3.14. The summed E-state index contributed by atoms with van der Waals surface area (Å²) in [5.41, 5.74) is 4.68.